The minimum atomic E-state index is -0.293. The summed E-state index contributed by atoms with van der Waals surface area (Å²) in [5, 5.41) is 4.33. The van der Waals surface area contributed by atoms with Crippen molar-refractivity contribution >= 4 is 75.4 Å². The standard InChI is InChI=1S/C19H16Cl3NO2S2/c1-2-25-16(24)9-15-19(26)23-14-7-6-10(20)8-12(14)18(27-15)11-4-3-5-13(21)17(11)22/h3-8,15,18H,2,9H2,1H3,(H,23,26)/t15-,18-/m1/s1. The van der Waals surface area contributed by atoms with Crippen molar-refractivity contribution in [2.45, 2.75) is 23.8 Å². The van der Waals surface area contributed by atoms with Crippen LogP contribution in [0.4, 0.5) is 5.69 Å². The second-order valence-electron chi connectivity index (χ2n) is 5.88. The maximum absolute atomic E-state index is 12.1. The first-order valence-corrected chi connectivity index (χ1v) is 10.7. The summed E-state index contributed by atoms with van der Waals surface area (Å²) < 4.78 is 5.11. The SMILES string of the molecule is CCOC(=O)C[C@H]1S[C@H](c2cccc(Cl)c2Cl)c2cc(Cl)ccc2NC1=S. The fourth-order valence-electron chi connectivity index (χ4n) is 2.85. The van der Waals surface area contributed by atoms with E-state index >= 15 is 0 Å². The quantitative estimate of drug-likeness (QED) is 0.414. The van der Waals surface area contributed by atoms with Crippen LogP contribution in [0.1, 0.15) is 29.7 Å². The minimum absolute atomic E-state index is 0.167. The summed E-state index contributed by atoms with van der Waals surface area (Å²) in [6.45, 7) is 2.11. The van der Waals surface area contributed by atoms with Crippen LogP contribution in [0, 0.1) is 0 Å². The lowest BCUT2D eigenvalue weighted by Crippen LogP contribution is -2.25. The molecule has 0 saturated heterocycles. The van der Waals surface area contributed by atoms with Gasteiger partial charge in [0.1, 0.15) is 0 Å². The van der Waals surface area contributed by atoms with E-state index in [9.17, 15) is 4.79 Å². The second-order valence-corrected chi connectivity index (χ2v) is 8.85. The number of anilines is 1. The average Bonchev–Trinajstić information content (AvgIpc) is 2.75. The molecule has 2 atom stereocenters. The van der Waals surface area contributed by atoms with Gasteiger partial charge in [-0.2, -0.15) is 0 Å². The molecule has 1 aliphatic heterocycles. The molecule has 27 heavy (non-hydrogen) atoms. The molecule has 0 aliphatic carbocycles. The molecule has 0 bridgehead atoms. The van der Waals surface area contributed by atoms with Crippen molar-refractivity contribution in [3.05, 3.63) is 62.6 Å². The number of thioether (sulfide) groups is 1. The predicted molar refractivity (Wildman–Crippen MR) is 119 cm³/mol. The van der Waals surface area contributed by atoms with E-state index in [2.05, 4.69) is 5.32 Å². The lowest BCUT2D eigenvalue weighted by molar-refractivity contribution is -0.142. The number of nitrogens with one attached hydrogen (secondary N) is 1. The Labute approximate surface area is 182 Å². The molecule has 142 valence electrons. The number of benzene rings is 2. The Kier molecular flexibility index (Phi) is 6.93. The van der Waals surface area contributed by atoms with Gasteiger partial charge in [0.2, 0.25) is 0 Å². The van der Waals surface area contributed by atoms with Crippen LogP contribution in [-0.2, 0) is 9.53 Å². The maximum Gasteiger partial charge on any atom is 0.307 e. The average molecular weight is 461 g/mol. The third kappa shape index (κ3) is 4.72. The Morgan fingerprint density at radius 1 is 1.22 bits per heavy atom. The van der Waals surface area contributed by atoms with Crippen LogP contribution in [0.5, 0.6) is 0 Å². The highest BCUT2D eigenvalue weighted by Crippen LogP contribution is 2.48. The number of thiocarbonyl (C=S) groups is 1. The highest BCUT2D eigenvalue weighted by molar-refractivity contribution is 8.02. The molecule has 0 saturated carbocycles. The zero-order valence-corrected chi connectivity index (χ0v) is 18.2. The fraction of sp³-hybridized carbons (Fsp3) is 0.263. The molecule has 1 heterocycles. The maximum atomic E-state index is 12.1. The highest BCUT2D eigenvalue weighted by atomic mass is 35.5. The van der Waals surface area contributed by atoms with E-state index in [4.69, 9.17) is 51.8 Å². The van der Waals surface area contributed by atoms with Crippen LogP contribution >= 0.6 is 58.8 Å². The number of halogens is 3. The lowest BCUT2D eigenvalue weighted by atomic mass is 10.0. The van der Waals surface area contributed by atoms with E-state index in [0.29, 0.717) is 26.7 Å². The Bertz CT molecular complexity index is 891. The summed E-state index contributed by atoms with van der Waals surface area (Å²) in [4.78, 5) is 12.6. The predicted octanol–water partition coefficient (Wildman–Crippen LogP) is 6.54. The number of carbonyl (C=O) groups is 1. The summed E-state index contributed by atoms with van der Waals surface area (Å²) in [5.41, 5.74) is 2.62. The zero-order valence-electron chi connectivity index (χ0n) is 14.3. The Morgan fingerprint density at radius 3 is 2.74 bits per heavy atom. The summed E-state index contributed by atoms with van der Waals surface area (Å²) in [5.74, 6) is -0.293. The van der Waals surface area contributed by atoms with Crippen LogP contribution in [0.25, 0.3) is 0 Å². The number of hydrogen-bond acceptors (Lipinski definition) is 4. The van der Waals surface area contributed by atoms with Gasteiger partial charge in [0, 0.05) is 10.7 Å². The van der Waals surface area contributed by atoms with Gasteiger partial charge in [0.25, 0.3) is 0 Å². The van der Waals surface area contributed by atoms with E-state index in [1.165, 1.54) is 11.8 Å². The molecule has 0 spiro atoms. The van der Waals surface area contributed by atoms with Gasteiger partial charge in [-0.3, -0.25) is 4.79 Å². The molecule has 3 rings (SSSR count). The molecular weight excluding hydrogens is 445 g/mol. The fourth-order valence-corrected chi connectivity index (χ4v) is 5.30. The summed E-state index contributed by atoms with van der Waals surface area (Å²) in [7, 11) is 0. The van der Waals surface area contributed by atoms with Crippen molar-refractivity contribution in [2.24, 2.45) is 0 Å². The molecule has 1 N–H and O–H groups in total. The molecule has 0 radical (unpaired) electrons. The number of carbonyl (C=O) groups excluding carboxylic acids is 1. The molecule has 3 nitrogen and oxygen atoms in total. The van der Waals surface area contributed by atoms with Gasteiger partial charge in [0.15, 0.2) is 0 Å². The summed E-state index contributed by atoms with van der Waals surface area (Å²) in [6.07, 6.45) is 0.167. The van der Waals surface area contributed by atoms with Crippen LogP contribution in [0.2, 0.25) is 15.1 Å². The van der Waals surface area contributed by atoms with Gasteiger partial charge < -0.3 is 10.1 Å². The van der Waals surface area contributed by atoms with E-state index in [0.717, 1.165) is 16.8 Å². The first-order chi connectivity index (χ1) is 12.9. The van der Waals surface area contributed by atoms with E-state index < -0.39 is 0 Å². The first-order valence-electron chi connectivity index (χ1n) is 8.26. The van der Waals surface area contributed by atoms with Gasteiger partial charge in [-0.25, -0.2) is 0 Å². The Morgan fingerprint density at radius 2 is 2.00 bits per heavy atom. The van der Waals surface area contributed by atoms with Crippen molar-refractivity contribution < 1.29 is 9.53 Å². The van der Waals surface area contributed by atoms with Crippen LogP contribution in [-0.4, -0.2) is 22.8 Å². The molecular formula is C19H16Cl3NO2S2. The van der Waals surface area contributed by atoms with Crippen LogP contribution in [0.15, 0.2) is 36.4 Å². The monoisotopic (exact) mass is 459 g/mol. The largest absolute Gasteiger partial charge is 0.466 e. The van der Waals surface area contributed by atoms with Gasteiger partial charge in [-0.15, -0.1) is 11.8 Å². The normalized spacial score (nSPS) is 19.0. The minimum Gasteiger partial charge on any atom is -0.466 e. The Balaban J connectivity index is 2.07. The highest BCUT2D eigenvalue weighted by Gasteiger charge is 2.32. The van der Waals surface area contributed by atoms with Gasteiger partial charge in [-0.1, -0.05) is 59.2 Å². The molecule has 0 unspecified atom stereocenters. The van der Waals surface area contributed by atoms with E-state index in [1.807, 2.05) is 24.3 Å². The van der Waals surface area contributed by atoms with Gasteiger partial charge in [0.05, 0.1) is 38.6 Å². The smallest absolute Gasteiger partial charge is 0.307 e. The van der Waals surface area contributed by atoms with E-state index in [-0.39, 0.29) is 22.9 Å². The topological polar surface area (TPSA) is 38.3 Å². The zero-order chi connectivity index (χ0) is 19.6. The Hall–Kier alpha value is -0.980. The van der Waals surface area contributed by atoms with Gasteiger partial charge >= 0.3 is 5.97 Å². The molecule has 1 aliphatic rings. The molecule has 2 aromatic carbocycles. The lowest BCUT2D eigenvalue weighted by Gasteiger charge is -2.22. The number of ether oxygens (including phenoxy) is 1. The molecule has 0 amide bonds. The third-order valence-corrected chi connectivity index (χ3v) is 7.18. The molecule has 2 aromatic rings. The third-order valence-electron chi connectivity index (χ3n) is 4.07. The number of fused-ring (bicyclic) bond motifs is 1. The van der Waals surface area contributed by atoms with Crippen molar-refractivity contribution in [3.8, 4) is 0 Å². The summed E-state index contributed by atoms with van der Waals surface area (Å²) >= 11 is 26.1. The summed E-state index contributed by atoms with van der Waals surface area (Å²) in [6, 6.07) is 11.1. The van der Waals surface area contributed by atoms with Crippen molar-refractivity contribution in [3.63, 3.8) is 0 Å². The van der Waals surface area contributed by atoms with E-state index in [1.54, 1.807) is 19.1 Å². The van der Waals surface area contributed by atoms with Crippen molar-refractivity contribution in [1.82, 2.24) is 0 Å². The second kappa shape index (κ2) is 9.01. The number of hydrogen-bond donors (Lipinski definition) is 1. The molecule has 0 fully saturated rings. The first kappa shape index (κ1) is 20.7. The van der Waals surface area contributed by atoms with Gasteiger partial charge in [-0.05, 0) is 42.3 Å². The van der Waals surface area contributed by atoms with Crippen molar-refractivity contribution in [1.29, 1.82) is 0 Å². The molecule has 8 heteroatoms. The van der Waals surface area contributed by atoms with Crippen molar-refractivity contribution in [2.75, 3.05) is 11.9 Å². The molecule has 0 aromatic heterocycles. The number of esters is 1. The van der Waals surface area contributed by atoms with Crippen LogP contribution in [0.3, 0.4) is 0 Å². The number of rotatable bonds is 4. The van der Waals surface area contributed by atoms with Crippen LogP contribution < -0.4 is 5.32 Å².